The van der Waals surface area contributed by atoms with Gasteiger partial charge in [0.05, 0.1) is 10.3 Å². The Kier molecular flexibility index (Phi) is 5.03. The summed E-state index contributed by atoms with van der Waals surface area (Å²) in [7, 11) is -3.97. The van der Waals surface area contributed by atoms with Gasteiger partial charge < -0.3 is 4.57 Å². The van der Waals surface area contributed by atoms with Gasteiger partial charge in [-0.15, -0.1) is 0 Å². The zero-order chi connectivity index (χ0) is 21.5. The Hall–Kier alpha value is -3.25. The lowest BCUT2D eigenvalue weighted by Gasteiger charge is -2.14. The van der Waals surface area contributed by atoms with Crippen LogP contribution in [0.2, 0.25) is 0 Å². The van der Waals surface area contributed by atoms with Crippen molar-refractivity contribution in [3.63, 3.8) is 0 Å². The van der Waals surface area contributed by atoms with Gasteiger partial charge in [0.15, 0.2) is 0 Å². The third-order valence-electron chi connectivity index (χ3n) is 5.08. The zero-order valence-corrected chi connectivity index (χ0v) is 17.9. The van der Waals surface area contributed by atoms with Gasteiger partial charge in [0.2, 0.25) is 15.3 Å². The number of aryl methyl sites for hydroxylation is 3. The third-order valence-corrected chi connectivity index (χ3v) is 6.85. The zero-order valence-electron chi connectivity index (χ0n) is 17.1. The number of nitrogens with zero attached hydrogens (tertiary/aromatic N) is 2. The number of aromatic nitrogens is 2. The molecule has 4 aromatic rings. The molecule has 0 aliphatic carbocycles. The summed E-state index contributed by atoms with van der Waals surface area (Å²) in [5.41, 5.74) is 3.76. The summed E-state index contributed by atoms with van der Waals surface area (Å²) < 4.78 is 28.4. The Balaban J connectivity index is 1.97. The van der Waals surface area contributed by atoms with Crippen molar-refractivity contribution in [1.29, 1.82) is 0 Å². The van der Waals surface area contributed by atoms with Gasteiger partial charge in [-0.1, -0.05) is 47.5 Å². The Morgan fingerprint density at radius 3 is 2.33 bits per heavy atom. The van der Waals surface area contributed by atoms with Crippen LogP contribution in [0.15, 0.2) is 81.4 Å². The van der Waals surface area contributed by atoms with Crippen molar-refractivity contribution >= 4 is 20.9 Å². The molecule has 6 heteroatoms. The second kappa shape index (κ2) is 7.54. The predicted molar refractivity (Wildman–Crippen MR) is 118 cm³/mol. The van der Waals surface area contributed by atoms with E-state index >= 15 is 0 Å². The summed E-state index contributed by atoms with van der Waals surface area (Å²) in [5.74, 6) is 0. The van der Waals surface area contributed by atoms with Crippen LogP contribution in [-0.2, 0) is 16.4 Å². The van der Waals surface area contributed by atoms with E-state index in [9.17, 15) is 13.2 Å². The molecule has 0 radical (unpaired) electrons. The van der Waals surface area contributed by atoms with E-state index in [-0.39, 0.29) is 9.79 Å². The fourth-order valence-corrected chi connectivity index (χ4v) is 4.87. The van der Waals surface area contributed by atoms with Crippen molar-refractivity contribution in [3.8, 4) is 0 Å². The molecule has 5 nitrogen and oxygen atoms in total. The molecule has 0 N–H and O–H groups in total. The van der Waals surface area contributed by atoms with E-state index in [4.69, 9.17) is 0 Å². The van der Waals surface area contributed by atoms with Crippen molar-refractivity contribution < 1.29 is 8.42 Å². The first-order valence-electron chi connectivity index (χ1n) is 9.64. The Morgan fingerprint density at radius 2 is 1.63 bits per heavy atom. The van der Waals surface area contributed by atoms with Gasteiger partial charge in [0.1, 0.15) is 10.5 Å². The van der Waals surface area contributed by atoms with Gasteiger partial charge in [-0.25, -0.2) is 13.4 Å². The van der Waals surface area contributed by atoms with Crippen LogP contribution in [0, 0.1) is 20.8 Å². The van der Waals surface area contributed by atoms with Crippen LogP contribution >= 0.6 is 0 Å². The first-order valence-corrected chi connectivity index (χ1v) is 11.1. The van der Waals surface area contributed by atoms with Crippen LogP contribution in [0.25, 0.3) is 11.0 Å². The Bertz CT molecular complexity index is 1420. The maximum Gasteiger partial charge on any atom is 0.211 e. The monoisotopic (exact) mass is 418 g/mol. The second-order valence-corrected chi connectivity index (χ2v) is 9.50. The molecule has 2 aromatic carbocycles. The van der Waals surface area contributed by atoms with Gasteiger partial charge in [-0.2, -0.15) is 0 Å². The van der Waals surface area contributed by atoms with Gasteiger partial charge in [-0.05, 0) is 50.6 Å². The smallest absolute Gasteiger partial charge is 0.211 e. The normalized spacial score (nSPS) is 11.7. The highest BCUT2D eigenvalue weighted by Crippen LogP contribution is 2.22. The van der Waals surface area contributed by atoms with Crippen LogP contribution in [0.4, 0.5) is 0 Å². The molecule has 0 aliphatic rings. The van der Waals surface area contributed by atoms with E-state index in [1.165, 1.54) is 18.3 Å². The molecule has 0 amide bonds. The third kappa shape index (κ3) is 3.66. The molecule has 152 valence electrons. The van der Waals surface area contributed by atoms with E-state index in [1.807, 2.05) is 45.0 Å². The molecule has 0 saturated carbocycles. The minimum atomic E-state index is -3.97. The molecule has 2 aromatic heterocycles. The van der Waals surface area contributed by atoms with Crippen LogP contribution < -0.4 is 5.43 Å². The standard InChI is InChI=1S/C24H22N2O3S/c1-16-7-10-20(11-8-16)30(28,29)22-15-26(14-19-6-4-5-17(2)13-19)24-21(23(22)27)12-9-18(3)25-24/h4-13,15H,14H2,1-3H3. The molecule has 0 aliphatic heterocycles. The lowest BCUT2D eigenvalue weighted by molar-refractivity contribution is 0.594. The molecule has 0 spiro atoms. The average molecular weight is 419 g/mol. The predicted octanol–water partition coefficient (Wildman–Crippen LogP) is 4.20. The summed E-state index contributed by atoms with van der Waals surface area (Å²) in [5, 5.41) is 0.293. The highest BCUT2D eigenvalue weighted by Gasteiger charge is 2.24. The number of pyridine rings is 2. The number of hydrogen-bond acceptors (Lipinski definition) is 4. The van der Waals surface area contributed by atoms with Crippen LogP contribution in [0.1, 0.15) is 22.4 Å². The van der Waals surface area contributed by atoms with Gasteiger partial charge in [0.25, 0.3) is 0 Å². The van der Waals surface area contributed by atoms with Gasteiger partial charge in [-0.3, -0.25) is 4.79 Å². The molecule has 0 unspecified atom stereocenters. The minimum Gasteiger partial charge on any atom is -0.327 e. The first kappa shape index (κ1) is 20.0. The molecule has 2 heterocycles. The SMILES string of the molecule is Cc1ccc(S(=O)(=O)c2cn(Cc3cccc(C)c3)c3nc(C)ccc3c2=O)cc1. The molecule has 30 heavy (non-hydrogen) atoms. The first-order chi connectivity index (χ1) is 14.3. The summed E-state index contributed by atoms with van der Waals surface area (Å²) in [6, 6.07) is 17.9. The largest absolute Gasteiger partial charge is 0.327 e. The second-order valence-electron chi connectivity index (χ2n) is 7.58. The lowest BCUT2D eigenvalue weighted by atomic mass is 10.1. The fourth-order valence-electron chi connectivity index (χ4n) is 3.50. The average Bonchev–Trinajstić information content (AvgIpc) is 2.70. The van der Waals surface area contributed by atoms with E-state index in [0.717, 1.165) is 22.4 Å². The van der Waals surface area contributed by atoms with Crippen molar-refractivity contribution in [2.75, 3.05) is 0 Å². The van der Waals surface area contributed by atoms with E-state index in [0.29, 0.717) is 17.6 Å². The van der Waals surface area contributed by atoms with Crippen LogP contribution in [0.3, 0.4) is 0 Å². The molecular formula is C24H22N2O3S. The summed E-state index contributed by atoms with van der Waals surface area (Å²) in [4.78, 5) is 17.5. The summed E-state index contributed by atoms with van der Waals surface area (Å²) in [6.07, 6.45) is 1.43. The number of sulfone groups is 1. The lowest BCUT2D eigenvalue weighted by Crippen LogP contribution is -2.20. The van der Waals surface area contributed by atoms with Crippen molar-refractivity contribution in [2.24, 2.45) is 0 Å². The van der Waals surface area contributed by atoms with Gasteiger partial charge >= 0.3 is 0 Å². The number of fused-ring (bicyclic) bond motifs is 1. The number of rotatable bonds is 4. The molecule has 0 atom stereocenters. The fraction of sp³-hybridized carbons (Fsp3) is 0.167. The van der Waals surface area contributed by atoms with E-state index in [1.54, 1.807) is 28.8 Å². The van der Waals surface area contributed by atoms with Crippen molar-refractivity contribution in [2.45, 2.75) is 37.1 Å². The summed E-state index contributed by atoms with van der Waals surface area (Å²) in [6.45, 7) is 6.14. The highest BCUT2D eigenvalue weighted by molar-refractivity contribution is 7.91. The van der Waals surface area contributed by atoms with Gasteiger partial charge in [0, 0.05) is 18.4 Å². The number of hydrogen-bond donors (Lipinski definition) is 0. The molecular weight excluding hydrogens is 396 g/mol. The minimum absolute atomic E-state index is 0.103. The maximum absolute atomic E-state index is 13.3. The number of benzene rings is 2. The molecule has 4 rings (SSSR count). The Labute approximate surface area is 175 Å². The quantitative estimate of drug-likeness (QED) is 0.498. The van der Waals surface area contributed by atoms with Crippen molar-refractivity contribution in [1.82, 2.24) is 9.55 Å². The molecule has 0 fully saturated rings. The maximum atomic E-state index is 13.3. The molecule has 0 saturated heterocycles. The molecule has 0 bridgehead atoms. The van der Waals surface area contributed by atoms with Crippen LogP contribution in [0.5, 0.6) is 0 Å². The van der Waals surface area contributed by atoms with Crippen molar-refractivity contribution in [3.05, 3.63) is 99.5 Å². The van der Waals surface area contributed by atoms with E-state index < -0.39 is 15.3 Å². The topological polar surface area (TPSA) is 69.0 Å². The summed E-state index contributed by atoms with van der Waals surface area (Å²) >= 11 is 0. The Morgan fingerprint density at radius 1 is 0.900 bits per heavy atom. The highest BCUT2D eigenvalue weighted by atomic mass is 32.2. The van der Waals surface area contributed by atoms with E-state index in [2.05, 4.69) is 4.98 Å². The van der Waals surface area contributed by atoms with Crippen LogP contribution in [-0.4, -0.2) is 18.0 Å².